The molecule has 0 aliphatic heterocycles. The van der Waals surface area contributed by atoms with Crippen LogP contribution in [-0.2, 0) is 4.79 Å². The van der Waals surface area contributed by atoms with E-state index in [1.54, 1.807) is 19.9 Å². The van der Waals surface area contributed by atoms with Crippen molar-refractivity contribution >= 4 is 17.7 Å². The second-order valence-corrected chi connectivity index (χ2v) is 4.20. The standard InChI is InChI=1S/C9H9N3O2S/c1-5-3-7(4-10)12-9(11-5)15-6(2)8(13)14/h3,6H,1-2H3,(H,13,14). The molecule has 1 heterocycles. The zero-order chi connectivity index (χ0) is 11.4. The van der Waals surface area contributed by atoms with E-state index in [-0.39, 0.29) is 5.69 Å². The summed E-state index contributed by atoms with van der Waals surface area (Å²) in [4.78, 5) is 18.5. The molecule has 1 aromatic heterocycles. The van der Waals surface area contributed by atoms with Gasteiger partial charge in [-0.1, -0.05) is 11.8 Å². The maximum Gasteiger partial charge on any atom is 0.316 e. The first-order valence-corrected chi connectivity index (χ1v) is 5.06. The Morgan fingerprint density at radius 3 is 2.87 bits per heavy atom. The molecule has 0 bridgehead atoms. The van der Waals surface area contributed by atoms with E-state index in [2.05, 4.69) is 9.97 Å². The van der Waals surface area contributed by atoms with Gasteiger partial charge in [0.1, 0.15) is 17.0 Å². The van der Waals surface area contributed by atoms with Crippen molar-refractivity contribution in [3.8, 4) is 6.07 Å². The Morgan fingerprint density at radius 1 is 1.67 bits per heavy atom. The molecule has 1 rings (SSSR count). The second kappa shape index (κ2) is 4.75. The highest BCUT2D eigenvalue weighted by Gasteiger charge is 2.14. The molecule has 1 atom stereocenters. The van der Waals surface area contributed by atoms with Gasteiger partial charge in [0.15, 0.2) is 5.16 Å². The first-order valence-electron chi connectivity index (χ1n) is 4.18. The Bertz CT molecular complexity index is 428. The number of carboxylic acids is 1. The predicted octanol–water partition coefficient (Wildman–Crippen LogP) is 1.22. The van der Waals surface area contributed by atoms with Crippen molar-refractivity contribution in [2.75, 3.05) is 0 Å². The Hall–Kier alpha value is -1.61. The van der Waals surface area contributed by atoms with Crippen LogP contribution in [0.15, 0.2) is 11.2 Å². The lowest BCUT2D eigenvalue weighted by atomic mass is 10.4. The van der Waals surface area contributed by atoms with Crippen LogP contribution in [0.4, 0.5) is 0 Å². The van der Waals surface area contributed by atoms with Gasteiger partial charge in [0.05, 0.1) is 0 Å². The SMILES string of the molecule is Cc1cc(C#N)nc(SC(C)C(=O)O)n1. The average molecular weight is 223 g/mol. The van der Waals surface area contributed by atoms with Crippen LogP contribution >= 0.6 is 11.8 Å². The van der Waals surface area contributed by atoms with E-state index in [1.807, 2.05) is 6.07 Å². The lowest BCUT2D eigenvalue weighted by Gasteiger charge is -2.04. The number of hydrogen-bond acceptors (Lipinski definition) is 5. The Balaban J connectivity index is 2.91. The number of aryl methyl sites for hydroxylation is 1. The third-order valence-corrected chi connectivity index (χ3v) is 2.53. The number of rotatable bonds is 3. The lowest BCUT2D eigenvalue weighted by molar-refractivity contribution is -0.136. The lowest BCUT2D eigenvalue weighted by Crippen LogP contribution is -2.12. The van der Waals surface area contributed by atoms with E-state index < -0.39 is 11.2 Å². The smallest absolute Gasteiger partial charge is 0.316 e. The molecule has 78 valence electrons. The largest absolute Gasteiger partial charge is 0.480 e. The van der Waals surface area contributed by atoms with E-state index in [0.29, 0.717) is 10.9 Å². The van der Waals surface area contributed by atoms with E-state index in [1.165, 1.54) is 0 Å². The Morgan fingerprint density at radius 2 is 2.33 bits per heavy atom. The number of nitrogens with zero attached hydrogens (tertiary/aromatic N) is 3. The molecule has 6 heteroatoms. The number of aromatic nitrogens is 2. The summed E-state index contributed by atoms with van der Waals surface area (Å²) in [6, 6.07) is 3.45. The monoisotopic (exact) mass is 223 g/mol. The summed E-state index contributed by atoms with van der Waals surface area (Å²) < 4.78 is 0. The van der Waals surface area contributed by atoms with E-state index >= 15 is 0 Å². The third kappa shape index (κ3) is 3.22. The molecule has 0 radical (unpaired) electrons. The number of thioether (sulfide) groups is 1. The van der Waals surface area contributed by atoms with E-state index in [0.717, 1.165) is 11.8 Å². The summed E-state index contributed by atoms with van der Waals surface area (Å²) in [5.74, 6) is -0.927. The van der Waals surface area contributed by atoms with E-state index in [9.17, 15) is 4.79 Å². The van der Waals surface area contributed by atoms with Crippen molar-refractivity contribution in [2.45, 2.75) is 24.3 Å². The molecule has 1 unspecified atom stereocenters. The van der Waals surface area contributed by atoms with Crippen LogP contribution in [0.2, 0.25) is 0 Å². The first kappa shape index (κ1) is 11.5. The van der Waals surface area contributed by atoms with Crippen molar-refractivity contribution in [1.29, 1.82) is 5.26 Å². The average Bonchev–Trinajstić information content (AvgIpc) is 2.16. The fraction of sp³-hybridized carbons (Fsp3) is 0.333. The van der Waals surface area contributed by atoms with Crippen LogP contribution in [-0.4, -0.2) is 26.3 Å². The molecule has 0 aliphatic rings. The maximum absolute atomic E-state index is 10.6. The fourth-order valence-electron chi connectivity index (χ4n) is 0.860. The molecule has 0 aromatic carbocycles. The van der Waals surface area contributed by atoms with Crippen molar-refractivity contribution in [3.63, 3.8) is 0 Å². The topological polar surface area (TPSA) is 86.9 Å². The van der Waals surface area contributed by atoms with Gasteiger partial charge < -0.3 is 5.11 Å². The predicted molar refractivity (Wildman–Crippen MR) is 54.4 cm³/mol. The third-order valence-electron chi connectivity index (χ3n) is 1.58. The molecule has 15 heavy (non-hydrogen) atoms. The van der Waals surface area contributed by atoms with Gasteiger partial charge in [-0.25, -0.2) is 9.97 Å². The molecule has 1 N–H and O–H groups in total. The highest BCUT2D eigenvalue weighted by molar-refractivity contribution is 8.00. The number of nitriles is 1. The zero-order valence-corrected chi connectivity index (χ0v) is 9.08. The number of carbonyl (C=O) groups is 1. The second-order valence-electron chi connectivity index (χ2n) is 2.89. The van der Waals surface area contributed by atoms with Gasteiger partial charge in [-0.3, -0.25) is 4.79 Å². The van der Waals surface area contributed by atoms with Gasteiger partial charge in [-0.05, 0) is 19.9 Å². The molecule has 0 saturated heterocycles. The Labute approximate surface area is 91.2 Å². The summed E-state index contributed by atoms with van der Waals surface area (Å²) >= 11 is 1.02. The molecule has 0 fully saturated rings. The molecule has 0 amide bonds. The summed E-state index contributed by atoms with van der Waals surface area (Å²) in [5.41, 5.74) is 0.907. The van der Waals surface area contributed by atoms with E-state index in [4.69, 9.17) is 10.4 Å². The van der Waals surface area contributed by atoms with Gasteiger partial charge in [0.25, 0.3) is 0 Å². The molecule has 0 spiro atoms. The molecular weight excluding hydrogens is 214 g/mol. The van der Waals surface area contributed by atoms with Gasteiger partial charge >= 0.3 is 5.97 Å². The van der Waals surface area contributed by atoms with Gasteiger partial charge in [-0.2, -0.15) is 5.26 Å². The first-order chi connectivity index (χ1) is 7.02. The zero-order valence-electron chi connectivity index (χ0n) is 8.26. The summed E-state index contributed by atoms with van der Waals surface area (Å²) in [7, 11) is 0. The molecular formula is C9H9N3O2S. The van der Waals surface area contributed by atoms with Crippen LogP contribution in [0, 0.1) is 18.3 Å². The highest BCUT2D eigenvalue weighted by atomic mass is 32.2. The van der Waals surface area contributed by atoms with Gasteiger partial charge in [-0.15, -0.1) is 0 Å². The summed E-state index contributed by atoms with van der Waals surface area (Å²) in [5, 5.41) is 17.1. The van der Waals surface area contributed by atoms with Crippen LogP contribution in [0.5, 0.6) is 0 Å². The van der Waals surface area contributed by atoms with Gasteiger partial charge in [0, 0.05) is 5.69 Å². The van der Waals surface area contributed by atoms with Crippen LogP contribution in [0.3, 0.4) is 0 Å². The minimum atomic E-state index is -0.927. The van der Waals surface area contributed by atoms with Crippen LogP contribution in [0.25, 0.3) is 0 Å². The minimum Gasteiger partial charge on any atom is -0.480 e. The minimum absolute atomic E-state index is 0.252. The molecule has 1 aromatic rings. The quantitative estimate of drug-likeness (QED) is 0.612. The van der Waals surface area contributed by atoms with Crippen molar-refractivity contribution in [1.82, 2.24) is 9.97 Å². The fourth-order valence-corrected chi connectivity index (χ4v) is 1.62. The molecule has 5 nitrogen and oxygen atoms in total. The molecule has 0 aliphatic carbocycles. The van der Waals surface area contributed by atoms with Crippen molar-refractivity contribution in [3.05, 3.63) is 17.5 Å². The number of aliphatic carboxylic acids is 1. The normalized spacial score (nSPS) is 11.8. The van der Waals surface area contributed by atoms with Crippen molar-refractivity contribution < 1.29 is 9.90 Å². The van der Waals surface area contributed by atoms with Gasteiger partial charge in [0.2, 0.25) is 0 Å². The van der Waals surface area contributed by atoms with Crippen LogP contribution in [0.1, 0.15) is 18.3 Å². The Kier molecular flexibility index (Phi) is 3.63. The summed E-state index contributed by atoms with van der Waals surface area (Å²) in [6.07, 6.45) is 0. The van der Waals surface area contributed by atoms with Crippen molar-refractivity contribution in [2.24, 2.45) is 0 Å². The number of hydrogen-bond donors (Lipinski definition) is 1. The molecule has 0 saturated carbocycles. The van der Waals surface area contributed by atoms with Crippen LogP contribution < -0.4 is 0 Å². The maximum atomic E-state index is 10.6. The highest BCUT2D eigenvalue weighted by Crippen LogP contribution is 2.19. The number of carboxylic acid groups (broad SMARTS) is 1. The summed E-state index contributed by atoms with van der Waals surface area (Å²) in [6.45, 7) is 3.28.